The lowest BCUT2D eigenvalue weighted by Crippen LogP contribution is -2.34. The van der Waals surface area contributed by atoms with Crippen molar-refractivity contribution >= 4 is 12.2 Å². The van der Waals surface area contributed by atoms with Crippen LogP contribution in [-0.4, -0.2) is 35.1 Å². The number of benzene rings is 1. The number of carbonyl (C=O) groups is 2. The molecule has 2 unspecified atom stereocenters. The highest BCUT2D eigenvalue weighted by atomic mass is 19.1. The van der Waals surface area contributed by atoms with Gasteiger partial charge in [-0.25, -0.2) is 4.39 Å². The lowest BCUT2D eigenvalue weighted by atomic mass is 10.0. The standard InChI is InChI=1S/C12H14FNO4/c1-7(16)14-5-11(17)12(18)8-2-3-10(13)9(4-8)6-15/h2-4,6,11-12,17-18H,5H2,1H3,(H,14,16). The minimum absolute atomic E-state index is 0.135. The number of rotatable bonds is 5. The molecule has 1 aromatic carbocycles. The Morgan fingerprint density at radius 2 is 2.17 bits per heavy atom. The lowest BCUT2D eigenvalue weighted by molar-refractivity contribution is -0.119. The first kappa shape index (κ1) is 14.3. The lowest BCUT2D eigenvalue weighted by Gasteiger charge is -2.18. The van der Waals surface area contributed by atoms with Gasteiger partial charge in [0, 0.05) is 13.5 Å². The van der Waals surface area contributed by atoms with Gasteiger partial charge in [0.25, 0.3) is 0 Å². The number of aliphatic hydroxyl groups excluding tert-OH is 2. The number of amides is 1. The van der Waals surface area contributed by atoms with Crippen molar-refractivity contribution in [2.24, 2.45) is 0 Å². The summed E-state index contributed by atoms with van der Waals surface area (Å²) in [5, 5.41) is 21.7. The maximum atomic E-state index is 13.1. The predicted molar refractivity (Wildman–Crippen MR) is 61.4 cm³/mol. The molecule has 18 heavy (non-hydrogen) atoms. The minimum atomic E-state index is -1.31. The quantitative estimate of drug-likeness (QED) is 0.654. The fourth-order valence-corrected chi connectivity index (χ4v) is 1.42. The van der Waals surface area contributed by atoms with Crippen LogP contribution in [0, 0.1) is 5.82 Å². The van der Waals surface area contributed by atoms with Crippen molar-refractivity contribution in [1.29, 1.82) is 0 Å². The van der Waals surface area contributed by atoms with Crippen LogP contribution in [-0.2, 0) is 4.79 Å². The number of halogens is 1. The first-order valence-electron chi connectivity index (χ1n) is 5.31. The first-order valence-corrected chi connectivity index (χ1v) is 5.31. The number of hydrogen-bond acceptors (Lipinski definition) is 4. The molecule has 0 aliphatic rings. The summed E-state index contributed by atoms with van der Waals surface area (Å²) in [4.78, 5) is 21.2. The molecule has 3 N–H and O–H groups in total. The van der Waals surface area contributed by atoms with E-state index in [4.69, 9.17) is 0 Å². The van der Waals surface area contributed by atoms with Crippen LogP contribution in [0.2, 0.25) is 0 Å². The molecule has 0 saturated carbocycles. The summed E-state index contributed by atoms with van der Waals surface area (Å²) in [7, 11) is 0. The monoisotopic (exact) mass is 255 g/mol. The SMILES string of the molecule is CC(=O)NCC(O)C(O)c1ccc(F)c(C=O)c1. The van der Waals surface area contributed by atoms with Crippen molar-refractivity contribution in [3.8, 4) is 0 Å². The highest BCUT2D eigenvalue weighted by Gasteiger charge is 2.19. The van der Waals surface area contributed by atoms with Gasteiger partial charge in [-0.05, 0) is 17.7 Å². The molecule has 0 saturated heterocycles. The van der Waals surface area contributed by atoms with Crippen LogP contribution < -0.4 is 5.32 Å². The van der Waals surface area contributed by atoms with Gasteiger partial charge in [0.1, 0.15) is 18.0 Å². The maximum absolute atomic E-state index is 13.1. The van der Waals surface area contributed by atoms with Gasteiger partial charge in [-0.15, -0.1) is 0 Å². The van der Waals surface area contributed by atoms with Gasteiger partial charge in [0.05, 0.1) is 5.56 Å². The van der Waals surface area contributed by atoms with Gasteiger partial charge in [-0.1, -0.05) is 6.07 Å². The zero-order valence-corrected chi connectivity index (χ0v) is 9.76. The predicted octanol–water partition coefficient (Wildman–Crippen LogP) is 0.169. The Hall–Kier alpha value is -1.79. The topological polar surface area (TPSA) is 86.6 Å². The largest absolute Gasteiger partial charge is 0.388 e. The summed E-state index contributed by atoms with van der Waals surface area (Å²) in [6.45, 7) is 1.14. The molecule has 0 heterocycles. The summed E-state index contributed by atoms with van der Waals surface area (Å²) in [5.41, 5.74) is 0.00892. The van der Waals surface area contributed by atoms with E-state index in [-0.39, 0.29) is 23.6 Å². The van der Waals surface area contributed by atoms with Crippen LogP contribution >= 0.6 is 0 Å². The molecule has 0 aliphatic carbocycles. The molecule has 0 aliphatic heterocycles. The number of hydrogen-bond donors (Lipinski definition) is 3. The van der Waals surface area contributed by atoms with Crippen molar-refractivity contribution < 1.29 is 24.2 Å². The molecule has 0 bridgehead atoms. The number of aliphatic hydroxyl groups is 2. The van der Waals surface area contributed by atoms with Crippen molar-refractivity contribution in [1.82, 2.24) is 5.32 Å². The second-order valence-corrected chi connectivity index (χ2v) is 3.85. The summed E-state index contributed by atoms with van der Waals surface area (Å²) in [6.07, 6.45) is -2.22. The zero-order valence-electron chi connectivity index (χ0n) is 9.76. The van der Waals surface area contributed by atoms with E-state index in [0.717, 1.165) is 12.1 Å². The highest BCUT2D eigenvalue weighted by molar-refractivity contribution is 5.75. The summed E-state index contributed by atoms with van der Waals surface area (Å²) in [5.74, 6) is -1.04. The number of carbonyl (C=O) groups excluding carboxylic acids is 2. The molecule has 5 nitrogen and oxygen atoms in total. The normalized spacial score (nSPS) is 13.8. The van der Waals surface area contributed by atoms with Crippen LogP contribution in [0.25, 0.3) is 0 Å². The Labute approximate surface area is 103 Å². The summed E-state index contributed by atoms with van der Waals surface area (Å²) in [6, 6.07) is 3.46. The van der Waals surface area contributed by atoms with E-state index >= 15 is 0 Å². The maximum Gasteiger partial charge on any atom is 0.216 e. The third-order valence-corrected chi connectivity index (χ3v) is 2.41. The van der Waals surface area contributed by atoms with E-state index in [1.807, 2.05) is 0 Å². The van der Waals surface area contributed by atoms with Gasteiger partial charge < -0.3 is 15.5 Å². The smallest absolute Gasteiger partial charge is 0.216 e. The van der Waals surface area contributed by atoms with Crippen molar-refractivity contribution in [3.63, 3.8) is 0 Å². The average molecular weight is 255 g/mol. The fraction of sp³-hybridized carbons (Fsp3) is 0.333. The highest BCUT2D eigenvalue weighted by Crippen LogP contribution is 2.19. The number of aldehydes is 1. The molecule has 0 radical (unpaired) electrons. The second-order valence-electron chi connectivity index (χ2n) is 3.85. The molecule has 0 spiro atoms. The molecular formula is C12H14FNO4. The Bertz CT molecular complexity index is 450. The zero-order chi connectivity index (χ0) is 13.7. The third kappa shape index (κ3) is 3.61. The number of nitrogens with one attached hydrogen (secondary N) is 1. The van der Waals surface area contributed by atoms with Crippen LogP contribution in [0.1, 0.15) is 28.9 Å². The van der Waals surface area contributed by atoms with Crippen molar-refractivity contribution in [2.45, 2.75) is 19.1 Å². The molecule has 1 aromatic rings. The van der Waals surface area contributed by atoms with E-state index in [9.17, 15) is 24.2 Å². The minimum Gasteiger partial charge on any atom is -0.388 e. The summed E-state index contributed by atoms with van der Waals surface area (Å²) >= 11 is 0. The van der Waals surface area contributed by atoms with E-state index in [1.165, 1.54) is 13.0 Å². The van der Waals surface area contributed by atoms with Crippen molar-refractivity contribution in [3.05, 3.63) is 35.1 Å². The molecule has 2 atom stereocenters. The molecule has 0 aromatic heterocycles. The molecular weight excluding hydrogens is 241 g/mol. The van der Waals surface area contributed by atoms with Crippen LogP contribution in [0.15, 0.2) is 18.2 Å². The molecule has 0 fully saturated rings. The third-order valence-electron chi connectivity index (χ3n) is 2.41. The molecule has 1 amide bonds. The Morgan fingerprint density at radius 3 is 2.72 bits per heavy atom. The summed E-state index contributed by atoms with van der Waals surface area (Å²) < 4.78 is 13.1. The van der Waals surface area contributed by atoms with E-state index < -0.39 is 18.0 Å². The molecule has 1 rings (SSSR count). The van der Waals surface area contributed by atoms with Crippen molar-refractivity contribution in [2.75, 3.05) is 6.54 Å². The van der Waals surface area contributed by atoms with Gasteiger partial charge in [0.15, 0.2) is 6.29 Å². The van der Waals surface area contributed by atoms with Gasteiger partial charge in [-0.2, -0.15) is 0 Å². The van der Waals surface area contributed by atoms with Crippen LogP contribution in [0.3, 0.4) is 0 Å². The van der Waals surface area contributed by atoms with Gasteiger partial charge >= 0.3 is 0 Å². The average Bonchev–Trinajstić information content (AvgIpc) is 2.35. The molecule has 6 heteroatoms. The Morgan fingerprint density at radius 1 is 1.50 bits per heavy atom. The second kappa shape index (κ2) is 6.23. The van der Waals surface area contributed by atoms with E-state index in [1.54, 1.807) is 0 Å². The van der Waals surface area contributed by atoms with E-state index in [0.29, 0.717) is 6.29 Å². The first-order chi connectivity index (χ1) is 8.45. The van der Waals surface area contributed by atoms with E-state index in [2.05, 4.69) is 5.32 Å². The van der Waals surface area contributed by atoms with Crippen LogP contribution in [0.4, 0.5) is 4.39 Å². The molecule has 98 valence electrons. The Kier molecular flexibility index (Phi) is 4.94. The fourth-order valence-electron chi connectivity index (χ4n) is 1.42. The van der Waals surface area contributed by atoms with Gasteiger partial charge in [0.2, 0.25) is 5.91 Å². The Balaban J connectivity index is 2.79. The van der Waals surface area contributed by atoms with Crippen LogP contribution in [0.5, 0.6) is 0 Å². The van der Waals surface area contributed by atoms with Gasteiger partial charge in [-0.3, -0.25) is 9.59 Å².